The molecule has 1 fully saturated rings. The summed E-state index contributed by atoms with van der Waals surface area (Å²) in [6.45, 7) is 2.11. The minimum absolute atomic E-state index is 0.0681. The molecule has 0 saturated carbocycles. The molecule has 1 heterocycles. The van der Waals surface area contributed by atoms with E-state index in [1.807, 2.05) is 24.3 Å². The minimum Gasteiger partial charge on any atom is -0.392 e. The van der Waals surface area contributed by atoms with Gasteiger partial charge in [0.05, 0.1) is 6.10 Å². The van der Waals surface area contributed by atoms with Crippen molar-refractivity contribution in [1.29, 1.82) is 0 Å². The van der Waals surface area contributed by atoms with Crippen molar-refractivity contribution >= 4 is 5.91 Å². The highest BCUT2D eigenvalue weighted by atomic mass is 16.3. The van der Waals surface area contributed by atoms with Gasteiger partial charge in [0, 0.05) is 31.2 Å². The third kappa shape index (κ3) is 3.76. The van der Waals surface area contributed by atoms with E-state index in [1.165, 1.54) is 5.56 Å². The highest BCUT2D eigenvalue weighted by molar-refractivity contribution is 5.93. The number of β-amino-alcohol motifs (C(OH)–C–C–N with tert-alkyl or cyclic N) is 1. The summed E-state index contributed by atoms with van der Waals surface area (Å²) in [5, 5.41) is 13.0. The zero-order valence-corrected chi connectivity index (χ0v) is 12.9. The zero-order chi connectivity index (χ0) is 15.4. The standard InChI is InChI=1S/C18H24N2O2/c21-17-10-16(11-19-18(22)15-8-4-5-9-15)20(13-17)12-14-6-2-1-3-7-14/h1-3,6-8,16-17,21H,4-5,9-13H2,(H,19,22)/t16-,17+/m1/s1. The molecular formula is C18H24N2O2. The molecule has 2 aliphatic rings. The molecule has 1 aliphatic carbocycles. The van der Waals surface area contributed by atoms with Crippen LogP contribution < -0.4 is 5.32 Å². The van der Waals surface area contributed by atoms with Gasteiger partial charge in [-0.2, -0.15) is 0 Å². The Morgan fingerprint density at radius 1 is 1.32 bits per heavy atom. The van der Waals surface area contributed by atoms with E-state index in [-0.39, 0.29) is 18.1 Å². The van der Waals surface area contributed by atoms with E-state index in [0.717, 1.165) is 37.8 Å². The van der Waals surface area contributed by atoms with Crippen LogP contribution in [0.25, 0.3) is 0 Å². The Morgan fingerprint density at radius 3 is 2.86 bits per heavy atom. The molecule has 0 bridgehead atoms. The van der Waals surface area contributed by atoms with Crippen LogP contribution in [0.3, 0.4) is 0 Å². The fourth-order valence-corrected chi connectivity index (χ4v) is 3.38. The second-order valence-corrected chi connectivity index (χ2v) is 6.29. The number of amides is 1. The molecule has 0 spiro atoms. The molecule has 1 aromatic rings. The number of rotatable bonds is 5. The summed E-state index contributed by atoms with van der Waals surface area (Å²) in [4.78, 5) is 14.4. The number of likely N-dealkylation sites (tertiary alicyclic amines) is 1. The number of nitrogens with zero attached hydrogens (tertiary/aromatic N) is 1. The van der Waals surface area contributed by atoms with Gasteiger partial charge in [-0.05, 0) is 31.2 Å². The lowest BCUT2D eigenvalue weighted by atomic mass is 10.1. The van der Waals surface area contributed by atoms with Gasteiger partial charge in [0.15, 0.2) is 0 Å². The zero-order valence-electron chi connectivity index (χ0n) is 12.9. The second-order valence-electron chi connectivity index (χ2n) is 6.29. The Hall–Kier alpha value is -1.65. The first kappa shape index (κ1) is 15.3. The van der Waals surface area contributed by atoms with Crippen molar-refractivity contribution in [3.8, 4) is 0 Å². The average Bonchev–Trinajstić information content (AvgIpc) is 3.16. The van der Waals surface area contributed by atoms with Crippen LogP contribution in [0.15, 0.2) is 42.0 Å². The molecule has 0 radical (unpaired) electrons. The third-order valence-electron chi connectivity index (χ3n) is 4.57. The third-order valence-corrected chi connectivity index (χ3v) is 4.57. The first-order valence-electron chi connectivity index (χ1n) is 8.15. The van der Waals surface area contributed by atoms with E-state index >= 15 is 0 Å². The molecule has 0 unspecified atom stereocenters. The van der Waals surface area contributed by atoms with Gasteiger partial charge in [0.1, 0.15) is 0 Å². The number of hydrogen-bond acceptors (Lipinski definition) is 3. The summed E-state index contributed by atoms with van der Waals surface area (Å²) in [7, 11) is 0. The largest absolute Gasteiger partial charge is 0.392 e. The number of aliphatic hydroxyl groups excluding tert-OH is 1. The van der Waals surface area contributed by atoms with Crippen LogP contribution in [0.1, 0.15) is 31.2 Å². The molecule has 4 heteroatoms. The van der Waals surface area contributed by atoms with E-state index in [2.05, 4.69) is 22.3 Å². The van der Waals surface area contributed by atoms with Crippen molar-refractivity contribution in [3.63, 3.8) is 0 Å². The normalized spacial score (nSPS) is 25.2. The van der Waals surface area contributed by atoms with E-state index < -0.39 is 0 Å². The fraction of sp³-hybridized carbons (Fsp3) is 0.500. The summed E-state index contributed by atoms with van der Waals surface area (Å²) in [5.74, 6) is 0.0681. The fourth-order valence-electron chi connectivity index (χ4n) is 3.38. The summed E-state index contributed by atoms with van der Waals surface area (Å²) >= 11 is 0. The number of carbonyl (C=O) groups is 1. The average molecular weight is 300 g/mol. The molecule has 3 rings (SSSR count). The molecule has 1 amide bonds. The summed E-state index contributed by atoms with van der Waals surface area (Å²) in [5.41, 5.74) is 2.17. The van der Waals surface area contributed by atoms with Gasteiger partial charge in [-0.15, -0.1) is 0 Å². The van der Waals surface area contributed by atoms with Crippen molar-refractivity contribution in [3.05, 3.63) is 47.5 Å². The Balaban J connectivity index is 1.55. The van der Waals surface area contributed by atoms with Crippen LogP contribution in [0.2, 0.25) is 0 Å². The highest BCUT2D eigenvalue weighted by Crippen LogP contribution is 2.21. The second kappa shape index (κ2) is 7.07. The number of aliphatic hydroxyl groups is 1. The van der Waals surface area contributed by atoms with Crippen molar-refractivity contribution in [1.82, 2.24) is 10.2 Å². The lowest BCUT2D eigenvalue weighted by Crippen LogP contribution is -2.40. The Morgan fingerprint density at radius 2 is 2.14 bits per heavy atom. The van der Waals surface area contributed by atoms with Gasteiger partial charge in [0.25, 0.3) is 0 Å². The first-order valence-corrected chi connectivity index (χ1v) is 8.15. The van der Waals surface area contributed by atoms with Gasteiger partial charge < -0.3 is 10.4 Å². The molecule has 22 heavy (non-hydrogen) atoms. The summed E-state index contributed by atoms with van der Waals surface area (Å²) < 4.78 is 0. The number of carbonyl (C=O) groups excluding carboxylic acids is 1. The molecule has 2 N–H and O–H groups in total. The molecule has 118 valence electrons. The molecule has 1 aromatic carbocycles. The maximum atomic E-state index is 12.1. The number of nitrogens with one attached hydrogen (secondary N) is 1. The monoisotopic (exact) mass is 300 g/mol. The predicted octanol–water partition coefficient (Wildman–Crippen LogP) is 1.85. The topological polar surface area (TPSA) is 52.6 Å². The van der Waals surface area contributed by atoms with Crippen LogP contribution in [0.5, 0.6) is 0 Å². The highest BCUT2D eigenvalue weighted by Gasteiger charge is 2.31. The lowest BCUT2D eigenvalue weighted by molar-refractivity contribution is -0.117. The van der Waals surface area contributed by atoms with E-state index in [4.69, 9.17) is 0 Å². The maximum absolute atomic E-state index is 12.1. The van der Waals surface area contributed by atoms with Crippen LogP contribution in [0, 0.1) is 0 Å². The molecular weight excluding hydrogens is 276 g/mol. The minimum atomic E-state index is -0.295. The molecule has 2 atom stereocenters. The van der Waals surface area contributed by atoms with E-state index in [1.54, 1.807) is 0 Å². The SMILES string of the molecule is O=C(NC[C@H]1C[C@H](O)CN1Cc1ccccc1)C1=CCCC1. The number of hydrogen-bond donors (Lipinski definition) is 2. The molecule has 1 aliphatic heterocycles. The first-order chi connectivity index (χ1) is 10.7. The van der Waals surface area contributed by atoms with Crippen molar-refractivity contribution in [2.75, 3.05) is 13.1 Å². The van der Waals surface area contributed by atoms with Crippen LogP contribution in [0.4, 0.5) is 0 Å². The predicted molar refractivity (Wildman–Crippen MR) is 86.2 cm³/mol. The van der Waals surface area contributed by atoms with E-state index in [9.17, 15) is 9.90 Å². The summed E-state index contributed by atoms with van der Waals surface area (Å²) in [6, 6.07) is 10.5. The Kier molecular flexibility index (Phi) is 4.90. The van der Waals surface area contributed by atoms with Crippen LogP contribution in [-0.2, 0) is 11.3 Å². The van der Waals surface area contributed by atoms with E-state index in [0.29, 0.717) is 13.1 Å². The van der Waals surface area contributed by atoms with Gasteiger partial charge in [-0.25, -0.2) is 0 Å². The van der Waals surface area contributed by atoms with Gasteiger partial charge in [0.2, 0.25) is 5.91 Å². The smallest absolute Gasteiger partial charge is 0.246 e. The van der Waals surface area contributed by atoms with Crippen molar-refractivity contribution in [2.45, 2.75) is 44.4 Å². The van der Waals surface area contributed by atoms with Crippen molar-refractivity contribution in [2.24, 2.45) is 0 Å². The maximum Gasteiger partial charge on any atom is 0.246 e. The Bertz CT molecular complexity index is 541. The van der Waals surface area contributed by atoms with Crippen molar-refractivity contribution < 1.29 is 9.90 Å². The number of allylic oxidation sites excluding steroid dienone is 1. The van der Waals surface area contributed by atoms with Crippen LogP contribution in [-0.4, -0.2) is 41.1 Å². The lowest BCUT2D eigenvalue weighted by Gasteiger charge is -2.24. The molecule has 4 nitrogen and oxygen atoms in total. The summed E-state index contributed by atoms with van der Waals surface area (Å²) in [6.07, 6.45) is 5.48. The van der Waals surface area contributed by atoms with Gasteiger partial charge in [-0.3, -0.25) is 9.69 Å². The number of benzene rings is 1. The van der Waals surface area contributed by atoms with Crippen LogP contribution >= 0.6 is 0 Å². The quantitative estimate of drug-likeness (QED) is 0.872. The molecule has 0 aromatic heterocycles. The molecule has 1 saturated heterocycles. The van der Waals surface area contributed by atoms with Gasteiger partial charge in [-0.1, -0.05) is 36.4 Å². The Labute approximate surface area is 131 Å². The van der Waals surface area contributed by atoms with Gasteiger partial charge >= 0.3 is 0 Å².